The summed E-state index contributed by atoms with van der Waals surface area (Å²) in [6.07, 6.45) is 0. The molecule has 0 rings (SSSR count). The molecule has 0 saturated carbocycles. The largest absolute Gasteiger partial charge is 2.00 e. The average molecular weight is 668 g/mol. The Labute approximate surface area is 254 Å². The molecule has 30 heavy (non-hydrogen) atoms. The SMILES string of the molecule is CCN(CC)C(=S)[S-].CCN(CC)C(=S)[S-].CN(C)C(=S)[S-].CN(C)C(=S)[S-].[Zn+2].[Zn+2]. The van der Waals surface area contributed by atoms with Gasteiger partial charge >= 0.3 is 39.0 Å². The monoisotopic (exact) mass is 664 g/mol. The van der Waals surface area contributed by atoms with E-state index in [0.29, 0.717) is 17.3 Å². The standard InChI is InChI=1S/2C5H11NS2.2C3H7NS2.2Zn/c2*1-3-6(4-2)5(7)8;2*1-4(2)3(5)6;;/h2*3-4H2,1-2H3,(H,7,8);2*1-2H3,(H,5,6);;/q;;;;2*+2/p-4. The topological polar surface area (TPSA) is 13.0 Å². The maximum absolute atomic E-state index is 4.76. The minimum Gasteiger partial charge on any atom is -0.411 e. The van der Waals surface area contributed by atoms with E-state index in [2.05, 4.69) is 49.7 Å². The first-order valence-corrected chi connectivity index (χ1v) is 11.7. The molecule has 0 aliphatic carbocycles. The van der Waals surface area contributed by atoms with Crippen molar-refractivity contribution in [3.8, 4) is 0 Å². The van der Waals surface area contributed by atoms with E-state index < -0.39 is 0 Å². The fourth-order valence-corrected chi connectivity index (χ4v) is 2.00. The summed E-state index contributed by atoms with van der Waals surface area (Å²) in [6.45, 7) is 11.9. The van der Waals surface area contributed by atoms with Gasteiger partial charge in [0.05, 0.1) is 0 Å². The number of thiocarbonyl (C=S) groups is 4. The summed E-state index contributed by atoms with van der Waals surface area (Å²) in [5, 5.41) is 0. The van der Waals surface area contributed by atoms with E-state index in [1.807, 2.05) is 65.7 Å². The van der Waals surface area contributed by atoms with Gasteiger partial charge in [-0.2, -0.15) is 0 Å². The zero-order chi connectivity index (χ0) is 23.4. The van der Waals surface area contributed by atoms with Crippen molar-refractivity contribution in [1.82, 2.24) is 19.6 Å². The van der Waals surface area contributed by atoms with E-state index in [1.54, 1.807) is 9.80 Å². The van der Waals surface area contributed by atoms with E-state index in [1.165, 1.54) is 0 Å². The molecule has 0 aromatic carbocycles. The third-order valence-electron chi connectivity index (χ3n) is 2.77. The maximum Gasteiger partial charge on any atom is 2.00 e. The molecule has 0 heterocycles. The summed E-state index contributed by atoms with van der Waals surface area (Å²) >= 11 is 37.3. The maximum atomic E-state index is 4.76. The van der Waals surface area contributed by atoms with Crippen molar-refractivity contribution in [3.63, 3.8) is 0 Å². The predicted molar refractivity (Wildman–Crippen MR) is 153 cm³/mol. The van der Waals surface area contributed by atoms with Gasteiger partial charge in [0.1, 0.15) is 0 Å². The summed E-state index contributed by atoms with van der Waals surface area (Å²) in [7, 11) is 7.31. The van der Waals surface area contributed by atoms with E-state index in [-0.39, 0.29) is 39.0 Å². The summed E-state index contributed by atoms with van der Waals surface area (Å²) in [5.41, 5.74) is 0. The van der Waals surface area contributed by atoms with Crippen LogP contribution in [0.1, 0.15) is 27.7 Å². The van der Waals surface area contributed by atoms with Crippen LogP contribution in [0.2, 0.25) is 0 Å². The molecule has 0 bridgehead atoms. The molecule has 0 N–H and O–H groups in total. The minimum atomic E-state index is 0. The summed E-state index contributed by atoms with van der Waals surface area (Å²) in [5.74, 6) is 0. The zero-order valence-corrected chi connectivity index (χ0v) is 31.8. The van der Waals surface area contributed by atoms with E-state index >= 15 is 0 Å². The van der Waals surface area contributed by atoms with Crippen molar-refractivity contribution in [3.05, 3.63) is 0 Å². The molecular weight excluding hydrogens is 636 g/mol. The van der Waals surface area contributed by atoms with Gasteiger partial charge in [0.2, 0.25) is 0 Å². The van der Waals surface area contributed by atoms with Gasteiger partial charge in [0, 0.05) is 54.4 Å². The van der Waals surface area contributed by atoms with Crippen LogP contribution in [0.4, 0.5) is 0 Å². The molecule has 0 atom stereocenters. The Morgan fingerprint density at radius 3 is 0.633 bits per heavy atom. The molecule has 0 saturated heterocycles. The molecule has 0 fully saturated rings. The second-order valence-electron chi connectivity index (χ2n) is 5.20. The molecule has 0 aliphatic heterocycles. The Balaban J connectivity index is -0.0000000632. The smallest absolute Gasteiger partial charge is 0.411 e. The summed E-state index contributed by atoms with van der Waals surface area (Å²) in [4.78, 5) is 7.35. The zero-order valence-electron chi connectivity index (χ0n) is 19.3. The van der Waals surface area contributed by atoms with Gasteiger partial charge < -0.3 is 119 Å². The molecule has 0 unspecified atom stereocenters. The van der Waals surface area contributed by atoms with Crippen molar-refractivity contribution < 1.29 is 39.0 Å². The Morgan fingerprint density at radius 2 is 0.633 bits per heavy atom. The van der Waals surface area contributed by atoms with Crippen LogP contribution in [-0.4, -0.2) is 91.3 Å². The van der Waals surface area contributed by atoms with E-state index in [4.69, 9.17) is 49.7 Å². The molecule has 0 amide bonds. The number of hydrogen-bond donors (Lipinski definition) is 0. The molecule has 14 heteroatoms. The Hall–Kier alpha value is 1.69. The molecule has 168 valence electrons. The molecule has 0 aliphatic rings. The Morgan fingerprint density at radius 1 is 0.500 bits per heavy atom. The Kier molecular flexibility index (Phi) is 46.3. The third-order valence-corrected chi connectivity index (χ3v) is 5.27. The van der Waals surface area contributed by atoms with Crippen molar-refractivity contribution in [2.75, 3.05) is 54.4 Å². The number of rotatable bonds is 4. The van der Waals surface area contributed by atoms with Crippen LogP contribution in [-0.2, 0) is 89.5 Å². The van der Waals surface area contributed by atoms with Gasteiger partial charge in [-0.25, -0.2) is 0 Å². The Bertz CT molecular complexity index is 407. The fourth-order valence-electron chi connectivity index (χ4n) is 0.964. The van der Waals surface area contributed by atoms with Crippen molar-refractivity contribution in [1.29, 1.82) is 0 Å². The van der Waals surface area contributed by atoms with Crippen LogP contribution in [0.15, 0.2) is 0 Å². The summed E-state index contributed by atoms with van der Waals surface area (Å²) in [6, 6.07) is 0. The molecule has 0 aromatic rings. The van der Waals surface area contributed by atoms with Gasteiger partial charge in [-0.3, -0.25) is 0 Å². The van der Waals surface area contributed by atoms with Crippen LogP contribution < -0.4 is 0 Å². The van der Waals surface area contributed by atoms with E-state index in [9.17, 15) is 0 Å². The van der Waals surface area contributed by atoms with E-state index in [0.717, 1.165) is 26.2 Å². The molecular formula is C16H32N4S8Zn2. The first-order valence-electron chi connectivity index (χ1n) is 8.41. The van der Waals surface area contributed by atoms with Crippen LogP contribution >= 0.6 is 48.9 Å². The minimum absolute atomic E-state index is 0. The molecule has 0 aromatic heterocycles. The van der Waals surface area contributed by atoms with Crippen molar-refractivity contribution >= 4 is 117 Å². The predicted octanol–water partition coefficient (Wildman–Crippen LogP) is 3.07. The second kappa shape index (κ2) is 30.7. The molecule has 0 spiro atoms. The third kappa shape index (κ3) is 37.0. The normalized spacial score (nSPS) is 7.73. The fraction of sp³-hybridized carbons (Fsp3) is 0.750. The molecule has 0 radical (unpaired) electrons. The van der Waals surface area contributed by atoms with Crippen molar-refractivity contribution in [2.45, 2.75) is 27.7 Å². The first kappa shape index (κ1) is 45.2. The quantitative estimate of drug-likeness (QED) is 0.249. The number of nitrogens with zero attached hydrogens (tertiary/aromatic N) is 4. The van der Waals surface area contributed by atoms with Gasteiger partial charge in [-0.1, -0.05) is 17.3 Å². The number of hydrogen-bond acceptors (Lipinski definition) is 8. The van der Waals surface area contributed by atoms with Gasteiger partial charge in [0.15, 0.2) is 0 Å². The van der Waals surface area contributed by atoms with Gasteiger partial charge in [0.25, 0.3) is 0 Å². The average Bonchev–Trinajstić information content (AvgIpc) is 2.58. The van der Waals surface area contributed by atoms with Crippen LogP contribution in [0.5, 0.6) is 0 Å². The van der Waals surface area contributed by atoms with Gasteiger partial charge in [-0.05, 0) is 27.7 Å². The van der Waals surface area contributed by atoms with Crippen LogP contribution in [0.25, 0.3) is 0 Å². The summed E-state index contributed by atoms with van der Waals surface area (Å²) < 4.78 is 2.18. The molecule has 4 nitrogen and oxygen atoms in total. The van der Waals surface area contributed by atoms with Crippen molar-refractivity contribution in [2.24, 2.45) is 0 Å². The second-order valence-corrected chi connectivity index (χ2v) is 9.32. The van der Waals surface area contributed by atoms with Gasteiger partial charge in [-0.15, -0.1) is 0 Å². The first-order chi connectivity index (χ1) is 12.7. The van der Waals surface area contributed by atoms with Crippen LogP contribution in [0, 0.1) is 0 Å². The van der Waals surface area contributed by atoms with Crippen LogP contribution in [0.3, 0.4) is 0 Å².